The fourth-order valence-corrected chi connectivity index (χ4v) is 3.39. The number of nitrogens with zero attached hydrogens (tertiary/aromatic N) is 1. The molecule has 0 atom stereocenters. The number of carboxylic acids is 1. The van der Waals surface area contributed by atoms with Gasteiger partial charge in [0.2, 0.25) is 0 Å². The Kier molecular flexibility index (Phi) is 5.76. The van der Waals surface area contributed by atoms with Crippen molar-refractivity contribution in [3.05, 3.63) is 0 Å². The molecule has 6 nitrogen and oxygen atoms in total. The molecule has 0 amide bonds. The Balaban J connectivity index is 2.34. The normalized spacial score (nSPS) is 17.8. The van der Waals surface area contributed by atoms with Gasteiger partial charge in [-0.15, -0.1) is 0 Å². The van der Waals surface area contributed by atoms with Crippen LogP contribution in [-0.2, 0) is 15.0 Å². The first-order chi connectivity index (χ1) is 8.73. The first-order valence-corrected chi connectivity index (χ1v) is 8.13. The molecule has 1 fully saturated rings. The van der Waals surface area contributed by atoms with Crippen molar-refractivity contribution in [2.45, 2.75) is 46.0 Å². The summed E-state index contributed by atoms with van der Waals surface area (Å²) in [7, 11) is -3.35. The van der Waals surface area contributed by atoms with Gasteiger partial charge in [0.1, 0.15) is 0 Å². The molecule has 0 bridgehead atoms. The zero-order valence-electron chi connectivity index (χ0n) is 11.7. The first kappa shape index (κ1) is 16.4. The molecule has 1 heterocycles. The summed E-state index contributed by atoms with van der Waals surface area (Å²) in [6.45, 7) is 5.46. The van der Waals surface area contributed by atoms with Gasteiger partial charge >= 0.3 is 5.97 Å². The smallest absolute Gasteiger partial charge is 0.303 e. The van der Waals surface area contributed by atoms with Gasteiger partial charge in [-0.1, -0.05) is 13.8 Å². The Hall–Kier alpha value is -0.660. The third kappa shape index (κ3) is 5.88. The molecule has 7 heteroatoms. The lowest BCUT2D eigenvalue weighted by molar-refractivity contribution is -0.137. The Labute approximate surface area is 115 Å². The monoisotopic (exact) mass is 292 g/mol. The lowest BCUT2D eigenvalue weighted by Gasteiger charge is -2.24. The summed E-state index contributed by atoms with van der Waals surface area (Å²) >= 11 is 0. The van der Waals surface area contributed by atoms with Crippen molar-refractivity contribution >= 4 is 16.2 Å². The molecule has 1 rings (SSSR count). The third-order valence-electron chi connectivity index (χ3n) is 3.51. The van der Waals surface area contributed by atoms with Gasteiger partial charge in [0.15, 0.2) is 0 Å². The second kappa shape index (κ2) is 6.67. The van der Waals surface area contributed by atoms with Gasteiger partial charge in [0.25, 0.3) is 10.2 Å². The van der Waals surface area contributed by atoms with E-state index in [1.807, 2.05) is 13.8 Å². The molecule has 112 valence electrons. The van der Waals surface area contributed by atoms with Gasteiger partial charge < -0.3 is 5.11 Å². The van der Waals surface area contributed by atoms with Crippen LogP contribution in [0.3, 0.4) is 0 Å². The summed E-state index contributed by atoms with van der Waals surface area (Å²) < 4.78 is 27.9. The fourth-order valence-electron chi connectivity index (χ4n) is 2.11. The van der Waals surface area contributed by atoms with E-state index < -0.39 is 16.2 Å². The predicted molar refractivity (Wildman–Crippen MR) is 73.0 cm³/mol. The van der Waals surface area contributed by atoms with Crippen LogP contribution in [0.2, 0.25) is 0 Å². The number of nitrogens with one attached hydrogen (secondary N) is 1. The van der Waals surface area contributed by atoms with Crippen molar-refractivity contribution in [3.8, 4) is 0 Å². The van der Waals surface area contributed by atoms with Gasteiger partial charge in [-0.3, -0.25) is 4.79 Å². The van der Waals surface area contributed by atoms with E-state index in [9.17, 15) is 13.2 Å². The molecule has 1 aliphatic heterocycles. The van der Waals surface area contributed by atoms with E-state index in [1.165, 1.54) is 4.31 Å². The highest BCUT2D eigenvalue weighted by Crippen LogP contribution is 2.26. The van der Waals surface area contributed by atoms with Crippen molar-refractivity contribution in [2.75, 3.05) is 19.6 Å². The van der Waals surface area contributed by atoms with E-state index in [4.69, 9.17) is 5.11 Å². The van der Waals surface area contributed by atoms with E-state index in [0.29, 0.717) is 32.5 Å². The lowest BCUT2D eigenvalue weighted by atomic mass is 9.84. The van der Waals surface area contributed by atoms with Crippen molar-refractivity contribution < 1.29 is 18.3 Å². The Bertz CT molecular complexity index is 400. The highest BCUT2D eigenvalue weighted by molar-refractivity contribution is 7.87. The van der Waals surface area contributed by atoms with Gasteiger partial charge in [0, 0.05) is 26.1 Å². The van der Waals surface area contributed by atoms with Crippen LogP contribution in [0.4, 0.5) is 0 Å². The van der Waals surface area contributed by atoms with E-state index in [2.05, 4.69) is 4.72 Å². The molecule has 2 N–H and O–H groups in total. The lowest BCUT2D eigenvalue weighted by Crippen LogP contribution is -2.40. The van der Waals surface area contributed by atoms with Crippen LogP contribution in [0.1, 0.15) is 46.0 Å². The Morgan fingerprint density at radius 3 is 2.37 bits per heavy atom. The molecule has 0 spiro atoms. The molecule has 0 aromatic carbocycles. The molecular weight excluding hydrogens is 268 g/mol. The molecule has 19 heavy (non-hydrogen) atoms. The van der Waals surface area contributed by atoms with Gasteiger partial charge in [0.05, 0.1) is 0 Å². The van der Waals surface area contributed by atoms with Crippen LogP contribution in [0.5, 0.6) is 0 Å². The number of carbonyl (C=O) groups is 1. The van der Waals surface area contributed by atoms with Crippen LogP contribution in [0.15, 0.2) is 0 Å². The number of hydrogen-bond donors (Lipinski definition) is 2. The summed E-state index contributed by atoms with van der Waals surface area (Å²) in [5, 5.41) is 8.66. The maximum atomic E-state index is 11.9. The maximum Gasteiger partial charge on any atom is 0.303 e. The molecule has 1 saturated heterocycles. The minimum atomic E-state index is -3.35. The molecule has 0 aromatic heterocycles. The van der Waals surface area contributed by atoms with Gasteiger partial charge in [-0.25, -0.2) is 4.72 Å². The molecular formula is C12H24N2O4S. The molecule has 1 aliphatic rings. The highest BCUT2D eigenvalue weighted by atomic mass is 32.2. The zero-order valence-corrected chi connectivity index (χ0v) is 12.5. The van der Waals surface area contributed by atoms with Crippen LogP contribution in [0.25, 0.3) is 0 Å². The van der Waals surface area contributed by atoms with Gasteiger partial charge in [-0.05, 0) is 31.1 Å². The summed E-state index contributed by atoms with van der Waals surface area (Å²) in [5.74, 6) is -0.814. The maximum absolute atomic E-state index is 11.9. The quantitative estimate of drug-likeness (QED) is 0.703. The molecule has 0 aliphatic carbocycles. The summed E-state index contributed by atoms with van der Waals surface area (Å²) in [5.41, 5.74) is -0.175. The predicted octanol–water partition coefficient (Wildman–Crippen LogP) is 1.20. The van der Waals surface area contributed by atoms with E-state index in [1.54, 1.807) is 0 Å². The number of rotatable bonds is 8. The average molecular weight is 292 g/mol. The topological polar surface area (TPSA) is 86.7 Å². The second-order valence-corrected chi connectivity index (χ2v) is 7.57. The largest absolute Gasteiger partial charge is 0.481 e. The summed E-state index contributed by atoms with van der Waals surface area (Å²) in [4.78, 5) is 10.5. The SMILES string of the molecule is CC(C)(CCNS(=O)(=O)N1CCCC1)CCC(=O)O. The summed E-state index contributed by atoms with van der Waals surface area (Å²) in [6, 6.07) is 0. The second-order valence-electron chi connectivity index (χ2n) is 5.81. The zero-order chi connectivity index (χ0) is 14.5. The number of aliphatic carboxylic acids is 1. The third-order valence-corrected chi connectivity index (χ3v) is 5.12. The van der Waals surface area contributed by atoms with E-state index >= 15 is 0 Å². The minimum Gasteiger partial charge on any atom is -0.481 e. The van der Waals surface area contributed by atoms with Crippen LogP contribution in [-0.4, -0.2) is 43.4 Å². The highest BCUT2D eigenvalue weighted by Gasteiger charge is 2.26. The van der Waals surface area contributed by atoms with Crippen molar-refractivity contribution in [1.82, 2.24) is 9.03 Å². The Morgan fingerprint density at radius 2 is 1.84 bits per heavy atom. The molecule has 0 saturated carbocycles. The molecule has 0 aromatic rings. The molecule has 0 unspecified atom stereocenters. The van der Waals surface area contributed by atoms with E-state index in [0.717, 1.165) is 12.8 Å². The van der Waals surface area contributed by atoms with E-state index in [-0.39, 0.29) is 11.8 Å². The summed E-state index contributed by atoms with van der Waals surface area (Å²) in [6.07, 6.45) is 3.14. The standard InChI is InChI=1S/C12H24N2O4S/c1-12(2,6-5-11(15)16)7-8-13-19(17,18)14-9-3-4-10-14/h13H,3-10H2,1-2H3,(H,15,16). The van der Waals surface area contributed by atoms with Crippen LogP contribution in [0, 0.1) is 5.41 Å². The fraction of sp³-hybridized carbons (Fsp3) is 0.917. The number of hydrogen-bond acceptors (Lipinski definition) is 3. The Morgan fingerprint density at radius 1 is 1.26 bits per heavy atom. The van der Waals surface area contributed by atoms with Crippen LogP contribution >= 0.6 is 0 Å². The first-order valence-electron chi connectivity index (χ1n) is 6.69. The van der Waals surface area contributed by atoms with Crippen LogP contribution < -0.4 is 4.72 Å². The minimum absolute atomic E-state index is 0.117. The van der Waals surface area contributed by atoms with Crippen molar-refractivity contribution in [2.24, 2.45) is 5.41 Å². The average Bonchev–Trinajstić information content (AvgIpc) is 2.80. The number of carboxylic acid groups (broad SMARTS) is 1. The van der Waals surface area contributed by atoms with Gasteiger partial charge in [-0.2, -0.15) is 12.7 Å². The molecule has 0 radical (unpaired) electrons. The van der Waals surface area contributed by atoms with Crippen molar-refractivity contribution in [1.29, 1.82) is 0 Å². The van der Waals surface area contributed by atoms with Crippen molar-refractivity contribution in [3.63, 3.8) is 0 Å².